The van der Waals surface area contributed by atoms with E-state index in [0.717, 1.165) is 22.4 Å². The molecule has 1 fully saturated rings. The maximum Gasteiger partial charge on any atom is 0.218 e. The van der Waals surface area contributed by atoms with Gasteiger partial charge in [-0.2, -0.15) is 4.31 Å². The third-order valence-corrected chi connectivity index (χ3v) is 7.07. The lowest BCUT2D eigenvalue weighted by molar-refractivity contribution is -0.112. The van der Waals surface area contributed by atoms with Gasteiger partial charge in [-0.15, -0.1) is 0 Å². The Morgan fingerprint density at radius 1 is 1.00 bits per heavy atom. The van der Waals surface area contributed by atoms with E-state index in [1.54, 1.807) is 6.20 Å². The first-order valence-electron chi connectivity index (χ1n) is 9.13. The number of fused-ring (bicyclic) bond motifs is 2. The second-order valence-corrected chi connectivity index (χ2v) is 9.18. The predicted octanol–water partition coefficient (Wildman–Crippen LogP) is 2.71. The van der Waals surface area contributed by atoms with Crippen molar-refractivity contribution in [2.75, 3.05) is 13.1 Å². The molecule has 28 heavy (non-hydrogen) atoms. The number of aromatic nitrogens is 2. The summed E-state index contributed by atoms with van der Waals surface area (Å²) in [5.41, 5.74) is 2.86. The molecule has 7 heteroatoms. The first-order chi connectivity index (χ1) is 13.6. The Balaban J connectivity index is 1.35. The number of rotatable bonds is 4. The van der Waals surface area contributed by atoms with E-state index in [0.29, 0.717) is 25.5 Å². The largest absolute Gasteiger partial charge is 0.361 e. The number of hydrogen-bond acceptors (Lipinski definition) is 5. The van der Waals surface area contributed by atoms with Crippen LogP contribution in [0.15, 0.2) is 66.9 Å². The van der Waals surface area contributed by atoms with Gasteiger partial charge in [0.05, 0.1) is 18.1 Å². The first kappa shape index (κ1) is 17.5. The lowest BCUT2D eigenvalue weighted by Crippen LogP contribution is -2.61. The van der Waals surface area contributed by atoms with Crippen molar-refractivity contribution in [3.05, 3.63) is 83.7 Å². The van der Waals surface area contributed by atoms with Crippen LogP contribution in [0.4, 0.5) is 0 Å². The van der Waals surface area contributed by atoms with E-state index in [-0.39, 0.29) is 5.75 Å². The van der Waals surface area contributed by atoms with Crippen LogP contribution in [-0.2, 0) is 32.7 Å². The number of hydrogen-bond donors (Lipinski definition) is 0. The maximum atomic E-state index is 12.7. The zero-order chi connectivity index (χ0) is 19.2. The lowest BCUT2D eigenvalue weighted by atomic mass is 9.90. The van der Waals surface area contributed by atoms with Gasteiger partial charge in [0.15, 0.2) is 5.82 Å². The van der Waals surface area contributed by atoms with Crippen molar-refractivity contribution in [2.45, 2.75) is 18.0 Å². The molecule has 3 heterocycles. The fraction of sp³-hybridized carbons (Fsp3) is 0.238. The van der Waals surface area contributed by atoms with Gasteiger partial charge in [0.1, 0.15) is 5.60 Å². The standard InChI is InChI=1S/C21H19N3O3S/c25-28(26,13-16-7-3-1-4-8-16)24-14-21(15-24)18-11-22-20(23-19(18)12-27-21)17-9-5-2-6-10-17/h1-11H,12-15H2. The summed E-state index contributed by atoms with van der Waals surface area (Å²) < 4.78 is 32.9. The summed E-state index contributed by atoms with van der Waals surface area (Å²) in [6, 6.07) is 19.0. The molecule has 0 bridgehead atoms. The van der Waals surface area contributed by atoms with Crippen molar-refractivity contribution < 1.29 is 13.2 Å². The zero-order valence-electron chi connectivity index (χ0n) is 15.2. The van der Waals surface area contributed by atoms with Crippen LogP contribution in [0.2, 0.25) is 0 Å². The van der Waals surface area contributed by atoms with Crippen LogP contribution in [0.1, 0.15) is 16.8 Å². The van der Waals surface area contributed by atoms with Crippen LogP contribution in [0.3, 0.4) is 0 Å². The molecule has 2 aliphatic rings. The van der Waals surface area contributed by atoms with E-state index in [1.807, 2.05) is 60.7 Å². The van der Waals surface area contributed by atoms with E-state index < -0.39 is 15.6 Å². The fourth-order valence-electron chi connectivity index (χ4n) is 3.78. The third-order valence-electron chi connectivity index (χ3n) is 5.32. The Morgan fingerprint density at radius 2 is 1.68 bits per heavy atom. The number of nitrogens with zero attached hydrogens (tertiary/aromatic N) is 3. The maximum absolute atomic E-state index is 12.7. The Bertz CT molecular complexity index is 1110. The van der Waals surface area contributed by atoms with E-state index in [9.17, 15) is 8.42 Å². The highest BCUT2D eigenvalue weighted by atomic mass is 32.2. The van der Waals surface area contributed by atoms with Gasteiger partial charge in [-0.1, -0.05) is 60.7 Å². The Kier molecular flexibility index (Phi) is 4.04. The van der Waals surface area contributed by atoms with Crippen LogP contribution in [0, 0.1) is 0 Å². The van der Waals surface area contributed by atoms with Gasteiger partial charge in [0.2, 0.25) is 10.0 Å². The molecular formula is C21H19N3O3S. The minimum atomic E-state index is -3.38. The molecule has 1 saturated heterocycles. The average molecular weight is 393 g/mol. The molecule has 0 atom stereocenters. The normalized spacial score (nSPS) is 18.0. The van der Waals surface area contributed by atoms with Crippen molar-refractivity contribution in [2.24, 2.45) is 0 Å². The van der Waals surface area contributed by atoms with Gasteiger partial charge in [-0.25, -0.2) is 18.4 Å². The molecular weight excluding hydrogens is 374 g/mol. The van der Waals surface area contributed by atoms with Crippen LogP contribution in [0.25, 0.3) is 11.4 Å². The minimum Gasteiger partial charge on any atom is -0.361 e. The van der Waals surface area contributed by atoms with Crippen LogP contribution in [-0.4, -0.2) is 35.8 Å². The molecule has 2 aliphatic heterocycles. The molecule has 1 spiro atoms. The Hall–Kier alpha value is -2.61. The molecule has 0 saturated carbocycles. The summed E-state index contributed by atoms with van der Waals surface area (Å²) >= 11 is 0. The second-order valence-electron chi connectivity index (χ2n) is 7.21. The third kappa shape index (κ3) is 2.92. The SMILES string of the molecule is O=S(=O)(Cc1ccccc1)N1CC2(C1)OCc1nc(-c3ccccc3)ncc12. The van der Waals surface area contributed by atoms with E-state index in [2.05, 4.69) is 9.97 Å². The van der Waals surface area contributed by atoms with Gasteiger partial charge in [-0.3, -0.25) is 0 Å². The molecule has 0 amide bonds. The quantitative estimate of drug-likeness (QED) is 0.682. The molecule has 1 aromatic heterocycles. The first-order valence-corrected chi connectivity index (χ1v) is 10.7. The topological polar surface area (TPSA) is 72.4 Å². The lowest BCUT2D eigenvalue weighted by Gasteiger charge is -2.46. The van der Waals surface area contributed by atoms with E-state index >= 15 is 0 Å². The van der Waals surface area contributed by atoms with Crippen molar-refractivity contribution in [3.63, 3.8) is 0 Å². The van der Waals surface area contributed by atoms with Crippen molar-refractivity contribution >= 4 is 10.0 Å². The highest BCUT2D eigenvalue weighted by Gasteiger charge is 2.54. The van der Waals surface area contributed by atoms with Crippen molar-refractivity contribution in [1.29, 1.82) is 0 Å². The highest BCUT2D eigenvalue weighted by Crippen LogP contribution is 2.44. The molecule has 142 valence electrons. The number of ether oxygens (including phenoxy) is 1. The van der Waals surface area contributed by atoms with Gasteiger partial charge in [0.25, 0.3) is 0 Å². The number of benzene rings is 2. The van der Waals surface area contributed by atoms with Crippen molar-refractivity contribution in [1.82, 2.24) is 14.3 Å². The molecule has 6 nitrogen and oxygen atoms in total. The summed E-state index contributed by atoms with van der Waals surface area (Å²) in [4.78, 5) is 9.15. The van der Waals surface area contributed by atoms with Gasteiger partial charge in [-0.05, 0) is 5.56 Å². The van der Waals surface area contributed by atoms with Gasteiger partial charge >= 0.3 is 0 Å². The molecule has 5 rings (SSSR count). The highest BCUT2D eigenvalue weighted by molar-refractivity contribution is 7.88. The summed E-state index contributed by atoms with van der Waals surface area (Å²) in [6.45, 7) is 0.997. The minimum absolute atomic E-state index is 0.000220. The van der Waals surface area contributed by atoms with Crippen molar-refractivity contribution in [3.8, 4) is 11.4 Å². The summed E-state index contributed by atoms with van der Waals surface area (Å²) in [5, 5.41) is 0. The monoisotopic (exact) mass is 393 g/mol. The van der Waals surface area contributed by atoms with Crippen LogP contribution < -0.4 is 0 Å². The molecule has 0 unspecified atom stereocenters. The molecule has 3 aromatic rings. The van der Waals surface area contributed by atoms with Crippen LogP contribution >= 0.6 is 0 Å². The summed E-state index contributed by atoms with van der Waals surface area (Å²) in [5.74, 6) is 0.660. The van der Waals surface area contributed by atoms with Crippen LogP contribution in [0.5, 0.6) is 0 Å². The molecule has 0 N–H and O–H groups in total. The molecule has 2 aromatic carbocycles. The van der Waals surface area contributed by atoms with Gasteiger partial charge < -0.3 is 4.74 Å². The Morgan fingerprint density at radius 3 is 2.39 bits per heavy atom. The molecule has 0 aliphatic carbocycles. The second kappa shape index (κ2) is 6.48. The van der Waals surface area contributed by atoms with E-state index in [1.165, 1.54) is 4.31 Å². The smallest absolute Gasteiger partial charge is 0.218 e. The van der Waals surface area contributed by atoms with E-state index in [4.69, 9.17) is 4.74 Å². The summed E-state index contributed by atoms with van der Waals surface area (Å²) in [6.07, 6.45) is 1.79. The predicted molar refractivity (Wildman–Crippen MR) is 105 cm³/mol. The van der Waals surface area contributed by atoms with Gasteiger partial charge in [0, 0.05) is 30.4 Å². The zero-order valence-corrected chi connectivity index (χ0v) is 16.0. The molecule has 0 radical (unpaired) electrons. The summed E-state index contributed by atoms with van der Waals surface area (Å²) in [7, 11) is -3.38. The fourth-order valence-corrected chi connectivity index (χ4v) is 5.38. The Labute approximate surface area is 163 Å². The average Bonchev–Trinajstić information content (AvgIpc) is 3.07. The number of sulfonamides is 1.